The second-order valence-electron chi connectivity index (χ2n) is 6.50. The Labute approximate surface area is 156 Å². The molecule has 1 aliphatic rings. The molecule has 1 fully saturated rings. The molecule has 0 N–H and O–H groups in total. The molecular weight excluding hydrogens is 379 g/mol. The summed E-state index contributed by atoms with van der Waals surface area (Å²) < 4.78 is 39.9. The van der Waals surface area contributed by atoms with Crippen LogP contribution in [0.3, 0.4) is 0 Å². The predicted octanol–water partition coefficient (Wildman–Crippen LogP) is 3.15. The van der Waals surface area contributed by atoms with Crippen LogP contribution in [0, 0.1) is 0 Å². The highest BCUT2D eigenvalue weighted by Crippen LogP contribution is 2.30. The molecule has 0 radical (unpaired) electrons. The van der Waals surface area contributed by atoms with Crippen molar-refractivity contribution in [3.8, 4) is 0 Å². The zero-order chi connectivity index (χ0) is 19.0. The van der Waals surface area contributed by atoms with Crippen LogP contribution in [0.5, 0.6) is 0 Å². The molecule has 1 atom stereocenters. The van der Waals surface area contributed by atoms with Gasteiger partial charge in [0.2, 0.25) is 5.91 Å². The zero-order valence-electron chi connectivity index (χ0n) is 14.2. The number of alkyl halides is 3. The average Bonchev–Trinajstić information content (AvgIpc) is 3.30. The zero-order valence-corrected chi connectivity index (χ0v) is 15.0. The molecule has 4 heterocycles. The lowest BCUT2D eigenvalue weighted by Crippen LogP contribution is -2.40. The van der Waals surface area contributed by atoms with Crippen molar-refractivity contribution < 1.29 is 18.0 Å². The van der Waals surface area contributed by atoms with E-state index in [1.54, 1.807) is 22.3 Å². The molecule has 0 aromatic carbocycles. The Hall–Kier alpha value is -2.49. The number of fused-ring (bicyclic) bond motifs is 1. The highest BCUT2D eigenvalue weighted by molar-refractivity contribution is 7.08. The van der Waals surface area contributed by atoms with Crippen LogP contribution in [0.2, 0.25) is 0 Å². The number of hydrogen-bond donors (Lipinski definition) is 0. The van der Waals surface area contributed by atoms with Gasteiger partial charge in [-0.15, -0.1) is 5.10 Å². The van der Waals surface area contributed by atoms with Crippen LogP contribution >= 0.6 is 11.3 Å². The van der Waals surface area contributed by atoms with Gasteiger partial charge < -0.3 is 4.90 Å². The summed E-state index contributed by atoms with van der Waals surface area (Å²) in [4.78, 5) is 21.7. The summed E-state index contributed by atoms with van der Waals surface area (Å²) >= 11 is 1.54. The summed E-state index contributed by atoms with van der Waals surface area (Å²) in [5, 5.41) is 7.48. The van der Waals surface area contributed by atoms with Crippen molar-refractivity contribution in [2.45, 2.75) is 31.4 Å². The standard InChI is InChI=1S/C17H16F3N5OS/c18-17(19,20)15-22-16-21-5-3-13(25(16)23-15)12-2-1-6-24(9-12)14(26)8-11-4-7-27-10-11/h3-5,7,10,12H,1-2,6,8-9H2/t12-/m0/s1. The van der Waals surface area contributed by atoms with Gasteiger partial charge in [-0.05, 0) is 41.3 Å². The molecule has 0 unspecified atom stereocenters. The Morgan fingerprint density at radius 3 is 2.93 bits per heavy atom. The monoisotopic (exact) mass is 395 g/mol. The van der Waals surface area contributed by atoms with Crippen LogP contribution in [0.25, 0.3) is 5.78 Å². The number of hydrogen-bond acceptors (Lipinski definition) is 5. The minimum absolute atomic E-state index is 0.0259. The van der Waals surface area contributed by atoms with Gasteiger partial charge in [0, 0.05) is 25.2 Å². The van der Waals surface area contributed by atoms with Crippen LogP contribution < -0.4 is 0 Å². The summed E-state index contributed by atoms with van der Waals surface area (Å²) in [5.41, 5.74) is 1.57. The van der Waals surface area contributed by atoms with Gasteiger partial charge in [-0.25, -0.2) is 9.50 Å². The van der Waals surface area contributed by atoms with Crippen LogP contribution in [0.1, 0.15) is 35.8 Å². The van der Waals surface area contributed by atoms with E-state index < -0.39 is 12.0 Å². The summed E-state index contributed by atoms with van der Waals surface area (Å²) in [6.45, 7) is 1.10. The maximum absolute atomic E-state index is 12.9. The average molecular weight is 395 g/mol. The number of amides is 1. The Morgan fingerprint density at radius 2 is 2.19 bits per heavy atom. The smallest absolute Gasteiger partial charge is 0.342 e. The molecule has 0 saturated carbocycles. The molecule has 0 bridgehead atoms. The van der Waals surface area contributed by atoms with E-state index in [1.165, 1.54) is 6.20 Å². The van der Waals surface area contributed by atoms with Crippen molar-refractivity contribution in [1.29, 1.82) is 0 Å². The molecule has 3 aromatic rings. The van der Waals surface area contributed by atoms with Crippen LogP contribution in [0.15, 0.2) is 29.1 Å². The number of nitrogens with zero attached hydrogens (tertiary/aromatic N) is 5. The van der Waals surface area contributed by atoms with Gasteiger partial charge in [0.1, 0.15) is 0 Å². The Bertz CT molecular complexity index is 953. The summed E-state index contributed by atoms with van der Waals surface area (Å²) in [6.07, 6.45) is -1.30. The third-order valence-electron chi connectivity index (χ3n) is 4.65. The van der Waals surface area contributed by atoms with Gasteiger partial charge in [-0.2, -0.15) is 29.5 Å². The largest absolute Gasteiger partial charge is 0.453 e. The Kier molecular flexibility index (Phi) is 4.58. The van der Waals surface area contributed by atoms with Gasteiger partial charge in [0.15, 0.2) is 0 Å². The molecule has 27 heavy (non-hydrogen) atoms. The number of rotatable bonds is 3. The van der Waals surface area contributed by atoms with E-state index in [0.717, 1.165) is 22.9 Å². The molecule has 6 nitrogen and oxygen atoms in total. The number of halogens is 3. The van der Waals surface area contributed by atoms with E-state index in [-0.39, 0.29) is 17.6 Å². The lowest BCUT2D eigenvalue weighted by atomic mass is 9.94. The molecular formula is C17H16F3N5OS. The lowest BCUT2D eigenvalue weighted by molar-refractivity contribution is -0.144. The maximum Gasteiger partial charge on any atom is 0.453 e. The second-order valence-corrected chi connectivity index (χ2v) is 7.28. The number of carbonyl (C=O) groups excluding carboxylic acids is 1. The number of piperidine rings is 1. The Morgan fingerprint density at radius 1 is 1.33 bits per heavy atom. The third-order valence-corrected chi connectivity index (χ3v) is 5.38. The van der Waals surface area contributed by atoms with Crippen molar-refractivity contribution in [3.63, 3.8) is 0 Å². The molecule has 1 amide bonds. The van der Waals surface area contributed by atoms with Crippen LogP contribution in [0.4, 0.5) is 13.2 Å². The fourth-order valence-electron chi connectivity index (χ4n) is 3.37. The lowest BCUT2D eigenvalue weighted by Gasteiger charge is -2.33. The first-order chi connectivity index (χ1) is 12.9. The first-order valence-electron chi connectivity index (χ1n) is 8.49. The molecule has 0 spiro atoms. The number of carbonyl (C=O) groups is 1. The molecule has 4 rings (SSSR count). The van der Waals surface area contributed by atoms with Crippen molar-refractivity contribution >= 4 is 23.0 Å². The van der Waals surface area contributed by atoms with Gasteiger partial charge in [0.05, 0.1) is 12.1 Å². The van der Waals surface area contributed by atoms with E-state index in [2.05, 4.69) is 15.1 Å². The summed E-state index contributed by atoms with van der Waals surface area (Å²) in [6, 6.07) is 3.57. The Balaban J connectivity index is 1.57. The normalized spacial score (nSPS) is 18.2. The maximum atomic E-state index is 12.9. The first kappa shape index (κ1) is 17.9. The van der Waals surface area contributed by atoms with Crippen molar-refractivity contribution in [2.24, 2.45) is 0 Å². The highest BCUT2D eigenvalue weighted by Gasteiger charge is 2.37. The van der Waals surface area contributed by atoms with E-state index in [4.69, 9.17) is 0 Å². The van der Waals surface area contributed by atoms with Crippen LogP contribution in [-0.2, 0) is 17.4 Å². The third kappa shape index (κ3) is 3.66. The highest BCUT2D eigenvalue weighted by atomic mass is 32.1. The molecule has 3 aromatic heterocycles. The van der Waals surface area contributed by atoms with Crippen molar-refractivity contribution in [1.82, 2.24) is 24.5 Å². The topological polar surface area (TPSA) is 63.4 Å². The van der Waals surface area contributed by atoms with Crippen molar-refractivity contribution in [3.05, 3.63) is 46.2 Å². The van der Waals surface area contributed by atoms with Gasteiger partial charge in [-0.3, -0.25) is 4.79 Å². The van der Waals surface area contributed by atoms with Gasteiger partial charge in [-0.1, -0.05) is 0 Å². The fraction of sp³-hybridized carbons (Fsp3) is 0.412. The van der Waals surface area contributed by atoms with E-state index in [9.17, 15) is 18.0 Å². The van der Waals surface area contributed by atoms with E-state index in [0.29, 0.717) is 25.2 Å². The number of thiophene rings is 1. The van der Waals surface area contributed by atoms with E-state index in [1.807, 2.05) is 16.8 Å². The molecule has 10 heteroatoms. The quantitative estimate of drug-likeness (QED) is 0.684. The molecule has 1 aliphatic heterocycles. The predicted molar refractivity (Wildman–Crippen MR) is 92.4 cm³/mol. The molecule has 0 aliphatic carbocycles. The fourth-order valence-corrected chi connectivity index (χ4v) is 4.03. The second kappa shape index (κ2) is 6.91. The minimum atomic E-state index is -4.62. The molecule has 1 saturated heterocycles. The SMILES string of the molecule is O=C(Cc1ccsc1)N1CCC[C@H](c2ccnc3nc(C(F)(F)F)nn23)C1. The van der Waals surface area contributed by atoms with Gasteiger partial charge in [0.25, 0.3) is 11.6 Å². The number of likely N-dealkylation sites (tertiary alicyclic amines) is 1. The van der Waals surface area contributed by atoms with E-state index >= 15 is 0 Å². The summed E-state index contributed by atoms with van der Waals surface area (Å²) in [5.74, 6) is -1.37. The molecule has 142 valence electrons. The van der Waals surface area contributed by atoms with Crippen molar-refractivity contribution in [2.75, 3.05) is 13.1 Å². The van der Waals surface area contributed by atoms with Crippen LogP contribution in [-0.4, -0.2) is 43.5 Å². The minimum Gasteiger partial charge on any atom is -0.342 e. The number of aromatic nitrogens is 4. The first-order valence-corrected chi connectivity index (χ1v) is 9.44. The van der Waals surface area contributed by atoms with Gasteiger partial charge >= 0.3 is 6.18 Å². The summed E-state index contributed by atoms with van der Waals surface area (Å²) in [7, 11) is 0.